The van der Waals surface area contributed by atoms with Crippen LogP contribution >= 0.6 is 0 Å². The number of para-hydroxylation sites is 1. The molecule has 3 N–H and O–H groups in total. The number of hydrogen-bond donors (Lipinski definition) is 3. The lowest BCUT2D eigenvalue weighted by atomic mass is 10.1. The van der Waals surface area contributed by atoms with Gasteiger partial charge >= 0.3 is 5.97 Å². The van der Waals surface area contributed by atoms with Crippen LogP contribution in [0, 0.1) is 0 Å². The molecule has 1 atom stereocenters. The van der Waals surface area contributed by atoms with Crippen LogP contribution in [0.2, 0.25) is 0 Å². The summed E-state index contributed by atoms with van der Waals surface area (Å²) in [6, 6.07) is 24.8. The Morgan fingerprint density at radius 1 is 0.824 bits per heavy atom. The van der Waals surface area contributed by atoms with Gasteiger partial charge in [-0.05, 0) is 61.2 Å². The van der Waals surface area contributed by atoms with Crippen LogP contribution in [0.5, 0.6) is 11.5 Å². The molecule has 3 aromatic carbocycles. The topological polar surface area (TPSA) is 105 Å². The number of carbonyl (C=O) groups excluding carboxylic acids is 2. The molecular weight excluding hydrogens is 432 g/mol. The average molecular weight is 461 g/mol. The first-order chi connectivity index (χ1) is 16.5. The molecule has 2 amide bonds. The van der Waals surface area contributed by atoms with E-state index in [0.717, 1.165) is 12.8 Å². The third-order valence-corrected chi connectivity index (χ3v) is 5.15. The van der Waals surface area contributed by atoms with Crippen LogP contribution in [-0.4, -0.2) is 35.5 Å². The molecule has 176 valence electrons. The van der Waals surface area contributed by atoms with Crippen LogP contribution in [-0.2, 0) is 16.0 Å². The summed E-state index contributed by atoms with van der Waals surface area (Å²) in [6.07, 6.45) is 1.32. The van der Waals surface area contributed by atoms with Gasteiger partial charge in [0.05, 0.1) is 0 Å². The van der Waals surface area contributed by atoms with Crippen molar-refractivity contribution in [2.24, 2.45) is 0 Å². The van der Waals surface area contributed by atoms with Crippen molar-refractivity contribution >= 4 is 17.8 Å². The zero-order valence-corrected chi connectivity index (χ0v) is 18.8. The number of aliphatic carboxylic acids is 1. The van der Waals surface area contributed by atoms with E-state index in [1.54, 1.807) is 24.3 Å². The Morgan fingerprint density at radius 2 is 1.44 bits per heavy atom. The molecule has 0 aliphatic heterocycles. The predicted octanol–water partition coefficient (Wildman–Crippen LogP) is 4.19. The standard InChI is InChI=1S/C27H28N2O5/c30-25(31)18-17-24(27(33)28-19-7-10-20-8-3-1-4-9-20)29-26(32)21-13-15-23(16-14-21)34-22-11-5-2-6-12-22/h1-6,8-9,11-16,24H,7,10,17-19H2,(H,28,33)(H,29,32)(H,30,31)/t24-/m0/s1. The smallest absolute Gasteiger partial charge is 0.303 e. The molecule has 0 fully saturated rings. The second kappa shape index (κ2) is 12.8. The van der Waals surface area contributed by atoms with E-state index in [-0.39, 0.29) is 12.8 Å². The van der Waals surface area contributed by atoms with Gasteiger partial charge in [0, 0.05) is 18.5 Å². The van der Waals surface area contributed by atoms with Crippen LogP contribution in [0.25, 0.3) is 0 Å². The molecule has 0 unspecified atom stereocenters. The maximum Gasteiger partial charge on any atom is 0.303 e. The van der Waals surface area contributed by atoms with Gasteiger partial charge in [-0.2, -0.15) is 0 Å². The van der Waals surface area contributed by atoms with Gasteiger partial charge in [0.1, 0.15) is 17.5 Å². The Bertz CT molecular complexity index is 1070. The summed E-state index contributed by atoms with van der Waals surface area (Å²) in [5.74, 6) is -0.634. The summed E-state index contributed by atoms with van der Waals surface area (Å²) in [6.45, 7) is 0.429. The maximum absolute atomic E-state index is 12.7. The first kappa shape index (κ1) is 24.5. The maximum atomic E-state index is 12.7. The van der Waals surface area contributed by atoms with Gasteiger partial charge in [0.15, 0.2) is 0 Å². The van der Waals surface area contributed by atoms with Crippen molar-refractivity contribution in [3.63, 3.8) is 0 Å². The molecule has 0 aromatic heterocycles. The number of nitrogens with one attached hydrogen (secondary N) is 2. The third-order valence-electron chi connectivity index (χ3n) is 5.15. The van der Waals surface area contributed by atoms with Crippen LogP contribution in [0.4, 0.5) is 0 Å². The Hall–Kier alpha value is -4.13. The van der Waals surface area contributed by atoms with E-state index < -0.39 is 23.8 Å². The molecule has 3 rings (SSSR count). The first-order valence-corrected chi connectivity index (χ1v) is 11.2. The second-order valence-corrected chi connectivity index (χ2v) is 7.78. The van der Waals surface area contributed by atoms with Crippen LogP contribution in [0.1, 0.15) is 35.2 Å². The number of carboxylic acids is 1. The number of aryl methyl sites for hydroxylation is 1. The Balaban J connectivity index is 1.54. The van der Waals surface area contributed by atoms with E-state index in [4.69, 9.17) is 9.84 Å². The van der Waals surface area contributed by atoms with Crippen molar-refractivity contribution in [2.75, 3.05) is 6.54 Å². The van der Waals surface area contributed by atoms with Gasteiger partial charge in [-0.15, -0.1) is 0 Å². The van der Waals surface area contributed by atoms with Gasteiger partial charge < -0.3 is 20.5 Å². The van der Waals surface area contributed by atoms with Gasteiger partial charge in [-0.3, -0.25) is 14.4 Å². The summed E-state index contributed by atoms with van der Waals surface area (Å²) >= 11 is 0. The summed E-state index contributed by atoms with van der Waals surface area (Å²) in [7, 11) is 0. The van der Waals surface area contributed by atoms with Crippen molar-refractivity contribution in [1.29, 1.82) is 0 Å². The first-order valence-electron chi connectivity index (χ1n) is 11.2. The average Bonchev–Trinajstić information content (AvgIpc) is 2.85. The highest BCUT2D eigenvalue weighted by atomic mass is 16.5. The molecule has 3 aromatic rings. The number of rotatable bonds is 12. The fraction of sp³-hybridized carbons (Fsp3) is 0.222. The highest BCUT2D eigenvalue weighted by molar-refractivity contribution is 5.97. The van der Waals surface area contributed by atoms with Crippen molar-refractivity contribution in [3.05, 3.63) is 96.1 Å². The lowest BCUT2D eigenvalue weighted by molar-refractivity contribution is -0.137. The summed E-state index contributed by atoms with van der Waals surface area (Å²) in [5, 5.41) is 14.5. The molecule has 0 aliphatic rings. The van der Waals surface area contributed by atoms with Crippen LogP contribution in [0.15, 0.2) is 84.9 Å². The second-order valence-electron chi connectivity index (χ2n) is 7.78. The minimum atomic E-state index is -1.03. The Morgan fingerprint density at radius 3 is 2.09 bits per heavy atom. The van der Waals surface area contributed by atoms with Crippen molar-refractivity contribution < 1.29 is 24.2 Å². The molecule has 0 radical (unpaired) electrons. The van der Waals surface area contributed by atoms with Gasteiger partial charge in [-0.1, -0.05) is 48.5 Å². The molecule has 0 spiro atoms. The van der Waals surface area contributed by atoms with E-state index >= 15 is 0 Å². The third kappa shape index (κ3) is 8.09. The van der Waals surface area contributed by atoms with Crippen molar-refractivity contribution in [2.45, 2.75) is 31.7 Å². The number of ether oxygens (including phenoxy) is 1. The number of amides is 2. The van der Waals surface area contributed by atoms with E-state index in [2.05, 4.69) is 10.6 Å². The minimum Gasteiger partial charge on any atom is -0.481 e. The van der Waals surface area contributed by atoms with E-state index in [9.17, 15) is 14.4 Å². The Labute approximate surface area is 198 Å². The monoisotopic (exact) mass is 460 g/mol. The number of hydrogen-bond acceptors (Lipinski definition) is 4. The normalized spacial score (nSPS) is 11.3. The zero-order valence-electron chi connectivity index (χ0n) is 18.8. The SMILES string of the molecule is O=C(O)CC[C@H](NC(=O)c1ccc(Oc2ccccc2)cc1)C(=O)NCCCc1ccccc1. The fourth-order valence-corrected chi connectivity index (χ4v) is 3.35. The van der Waals surface area contributed by atoms with E-state index in [0.29, 0.717) is 23.6 Å². The minimum absolute atomic E-state index is 0.000787. The zero-order chi connectivity index (χ0) is 24.2. The molecule has 7 heteroatoms. The Kier molecular flexibility index (Phi) is 9.22. The van der Waals surface area contributed by atoms with Gasteiger partial charge in [0.2, 0.25) is 5.91 Å². The van der Waals surface area contributed by atoms with Gasteiger partial charge in [0.25, 0.3) is 5.91 Å². The van der Waals surface area contributed by atoms with E-state index in [1.807, 2.05) is 60.7 Å². The van der Waals surface area contributed by atoms with Crippen LogP contribution < -0.4 is 15.4 Å². The molecule has 0 bridgehead atoms. The highest BCUT2D eigenvalue weighted by Crippen LogP contribution is 2.21. The largest absolute Gasteiger partial charge is 0.481 e. The summed E-state index contributed by atoms with van der Waals surface area (Å²) < 4.78 is 5.72. The molecule has 0 saturated carbocycles. The number of benzene rings is 3. The van der Waals surface area contributed by atoms with Crippen molar-refractivity contribution in [1.82, 2.24) is 10.6 Å². The van der Waals surface area contributed by atoms with E-state index in [1.165, 1.54) is 5.56 Å². The fourth-order valence-electron chi connectivity index (χ4n) is 3.35. The lowest BCUT2D eigenvalue weighted by Gasteiger charge is -2.18. The molecule has 34 heavy (non-hydrogen) atoms. The summed E-state index contributed by atoms with van der Waals surface area (Å²) in [5.41, 5.74) is 1.52. The molecule has 0 heterocycles. The molecular formula is C27H28N2O5. The quantitative estimate of drug-likeness (QED) is 0.352. The van der Waals surface area contributed by atoms with Crippen LogP contribution in [0.3, 0.4) is 0 Å². The molecule has 0 aliphatic carbocycles. The van der Waals surface area contributed by atoms with Gasteiger partial charge in [-0.25, -0.2) is 0 Å². The van der Waals surface area contributed by atoms with Crippen molar-refractivity contribution in [3.8, 4) is 11.5 Å². The number of carboxylic acid groups (broad SMARTS) is 1. The molecule has 7 nitrogen and oxygen atoms in total. The predicted molar refractivity (Wildman–Crippen MR) is 129 cm³/mol. The number of carbonyl (C=O) groups is 3. The molecule has 0 saturated heterocycles. The lowest BCUT2D eigenvalue weighted by Crippen LogP contribution is -2.47. The summed E-state index contributed by atoms with van der Waals surface area (Å²) in [4.78, 5) is 36.4. The highest BCUT2D eigenvalue weighted by Gasteiger charge is 2.22.